The van der Waals surface area contributed by atoms with Crippen molar-refractivity contribution in [2.24, 2.45) is 5.73 Å². The van der Waals surface area contributed by atoms with Gasteiger partial charge in [0.25, 0.3) is 0 Å². The van der Waals surface area contributed by atoms with Crippen LogP contribution in [0.2, 0.25) is 0 Å². The quantitative estimate of drug-likeness (QED) is 0.105. The lowest BCUT2D eigenvalue weighted by Gasteiger charge is -2.26. The monoisotopic (exact) mass is 497 g/mol. The van der Waals surface area contributed by atoms with Crippen molar-refractivity contribution >= 4 is 5.97 Å². The van der Waals surface area contributed by atoms with Crippen LogP contribution >= 0.6 is 0 Å². The predicted molar refractivity (Wildman–Crippen MR) is 153 cm³/mol. The summed E-state index contributed by atoms with van der Waals surface area (Å²) in [5.74, 6) is -0.755. The number of carbonyl (C=O) groups is 1. The first-order valence-electron chi connectivity index (χ1n) is 15.5. The fourth-order valence-corrected chi connectivity index (χ4v) is 4.91. The van der Waals surface area contributed by atoms with E-state index >= 15 is 0 Å². The molecule has 3 N–H and O–H groups in total. The first-order chi connectivity index (χ1) is 17.1. The molecule has 0 aliphatic rings. The van der Waals surface area contributed by atoms with Crippen LogP contribution in [-0.2, 0) is 4.79 Å². The molecule has 5 heteroatoms. The summed E-state index contributed by atoms with van der Waals surface area (Å²) in [4.78, 5) is 15.8. The zero-order valence-electron chi connectivity index (χ0n) is 23.9. The number of nitrogens with zero attached hydrogens (tertiary/aromatic N) is 2. The molecule has 0 atom stereocenters. The van der Waals surface area contributed by atoms with Gasteiger partial charge in [-0.2, -0.15) is 0 Å². The van der Waals surface area contributed by atoms with E-state index in [1.54, 1.807) is 0 Å². The van der Waals surface area contributed by atoms with Gasteiger partial charge in [0.1, 0.15) is 0 Å². The summed E-state index contributed by atoms with van der Waals surface area (Å²) < 4.78 is 0. The van der Waals surface area contributed by atoms with E-state index < -0.39 is 5.97 Å². The molecular weight excluding hydrogens is 434 g/mol. The van der Waals surface area contributed by atoms with Crippen LogP contribution in [0.1, 0.15) is 142 Å². The van der Waals surface area contributed by atoms with Crippen LogP contribution in [0, 0.1) is 0 Å². The van der Waals surface area contributed by atoms with E-state index in [0.29, 0.717) is 13.1 Å². The maximum absolute atomic E-state index is 11.2. The standard InChI is InChI=1S/C30H63N3O2/c1-3-5-7-9-11-13-15-17-19-21-24-32(27-28-33(26-23-31)29-30(34)35)25-22-20-18-16-14-12-10-8-6-4-2/h3-29,31H2,1-2H3,(H,34,35). The third kappa shape index (κ3) is 26.2. The third-order valence-corrected chi connectivity index (χ3v) is 7.19. The van der Waals surface area contributed by atoms with Gasteiger partial charge in [-0.25, -0.2) is 0 Å². The second-order valence-corrected chi connectivity index (χ2v) is 10.7. The van der Waals surface area contributed by atoms with Crippen LogP contribution in [0.25, 0.3) is 0 Å². The first-order valence-corrected chi connectivity index (χ1v) is 15.5. The summed E-state index contributed by atoms with van der Waals surface area (Å²) in [6.07, 6.45) is 27.4. The van der Waals surface area contributed by atoms with Crippen LogP contribution in [-0.4, -0.2) is 66.7 Å². The normalized spacial score (nSPS) is 11.7. The first kappa shape index (κ1) is 34.4. The number of hydrogen-bond donors (Lipinski definition) is 2. The van der Waals surface area contributed by atoms with Crippen molar-refractivity contribution in [2.75, 3.05) is 45.8 Å². The average molecular weight is 498 g/mol. The van der Waals surface area contributed by atoms with Crippen molar-refractivity contribution in [3.05, 3.63) is 0 Å². The molecule has 210 valence electrons. The molecule has 0 fully saturated rings. The van der Waals surface area contributed by atoms with Gasteiger partial charge in [-0.15, -0.1) is 0 Å². The summed E-state index contributed by atoms with van der Waals surface area (Å²) in [5, 5.41) is 9.19. The summed E-state index contributed by atoms with van der Waals surface area (Å²) in [7, 11) is 0. The second kappa shape index (κ2) is 27.9. The fraction of sp³-hybridized carbons (Fsp3) is 0.967. The smallest absolute Gasteiger partial charge is 0.317 e. The predicted octanol–water partition coefficient (Wildman–Crippen LogP) is 7.48. The van der Waals surface area contributed by atoms with Crippen molar-refractivity contribution in [2.45, 2.75) is 142 Å². The molecule has 0 aliphatic carbocycles. The lowest BCUT2D eigenvalue weighted by molar-refractivity contribution is -0.138. The number of carboxylic acid groups (broad SMARTS) is 1. The van der Waals surface area contributed by atoms with E-state index in [1.807, 2.05) is 4.90 Å². The van der Waals surface area contributed by atoms with Gasteiger partial charge in [-0.1, -0.05) is 129 Å². The average Bonchev–Trinajstić information content (AvgIpc) is 2.83. The maximum Gasteiger partial charge on any atom is 0.317 e. The number of carboxylic acids is 1. The molecule has 0 aromatic rings. The molecule has 0 bridgehead atoms. The molecule has 0 heterocycles. The van der Waals surface area contributed by atoms with Crippen LogP contribution in [0.15, 0.2) is 0 Å². The number of hydrogen-bond acceptors (Lipinski definition) is 4. The Kier molecular flexibility index (Phi) is 27.4. The highest BCUT2D eigenvalue weighted by molar-refractivity contribution is 5.69. The zero-order valence-corrected chi connectivity index (χ0v) is 23.9. The molecule has 0 aliphatic heterocycles. The van der Waals surface area contributed by atoms with Crippen molar-refractivity contribution in [3.8, 4) is 0 Å². The highest BCUT2D eigenvalue weighted by Gasteiger charge is 2.12. The molecule has 0 aromatic heterocycles. The molecule has 0 unspecified atom stereocenters. The molecule has 35 heavy (non-hydrogen) atoms. The van der Waals surface area contributed by atoms with Crippen LogP contribution in [0.3, 0.4) is 0 Å². The molecule has 0 rings (SSSR count). The summed E-state index contributed by atoms with van der Waals surface area (Å²) >= 11 is 0. The van der Waals surface area contributed by atoms with Gasteiger partial charge in [-0.3, -0.25) is 9.69 Å². The molecule has 0 saturated heterocycles. The molecule has 5 nitrogen and oxygen atoms in total. The lowest BCUT2D eigenvalue weighted by Crippen LogP contribution is -2.40. The van der Waals surface area contributed by atoms with E-state index in [2.05, 4.69) is 18.7 Å². The molecule has 0 saturated carbocycles. The van der Waals surface area contributed by atoms with E-state index in [9.17, 15) is 9.90 Å². The van der Waals surface area contributed by atoms with Crippen molar-refractivity contribution in [1.29, 1.82) is 0 Å². The van der Waals surface area contributed by atoms with Crippen LogP contribution in [0.4, 0.5) is 0 Å². The number of aliphatic carboxylic acids is 1. The Hall–Kier alpha value is -0.650. The van der Waals surface area contributed by atoms with Gasteiger partial charge in [0.15, 0.2) is 0 Å². The Bertz CT molecular complexity index is 410. The molecule has 0 amide bonds. The van der Waals surface area contributed by atoms with Gasteiger partial charge in [0.2, 0.25) is 0 Å². The second-order valence-electron chi connectivity index (χ2n) is 10.7. The molecular formula is C30H63N3O2. The minimum Gasteiger partial charge on any atom is -0.480 e. The zero-order chi connectivity index (χ0) is 25.8. The van der Waals surface area contributed by atoms with Crippen molar-refractivity contribution < 1.29 is 9.90 Å². The van der Waals surface area contributed by atoms with Gasteiger partial charge < -0.3 is 15.7 Å². The van der Waals surface area contributed by atoms with Gasteiger partial charge in [-0.05, 0) is 25.9 Å². The Morgan fingerprint density at radius 1 is 0.514 bits per heavy atom. The summed E-state index contributed by atoms with van der Waals surface area (Å²) in [6.45, 7) is 9.90. The Labute approximate surface area is 219 Å². The van der Waals surface area contributed by atoms with Gasteiger partial charge >= 0.3 is 5.97 Å². The SMILES string of the molecule is CCCCCCCCCCCCN(CCCCCCCCCCCC)CCN(CCN)CC(=O)O. The van der Waals surface area contributed by atoms with E-state index in [1.165, 1.54) is 128 Å². The Morgan fingerprint density at radius 3 is 1.20 bits per heavy atom. The number of nitrogens with two attached hydrogens (primary N) is 1. The maximum atomic E-state index is 11.2. The molecule has 0 aromatic carbocycles. The minimum absolute atomic E-state index is 0.0988. The summed E-state index contributed by atoms with van der Waals surface area (Å²) in [5.41, 5.74) is 5.71. The van der Waals surface area contributed by atoms with E-state index in [-0.39, 0.29) is 6.54 Å². The Balaban J connectivity index is 4.12. The largest absolute Gasteiger partial charge is 0.480 e. The highest BCUT2D eigenvalue weighted by atomic mass is 16.4. The molecule has 0 radical (unpaired) electrons. The van der Waals surface area contributed by atoms with E-state index in [0.717, 1.165) is 26.2 Å². The highest BCUT2D eigenvalue weighted by Crippen LogP contribution is 2.13. The number of unbranched alkanes of at least 4 members (excludes halogenated alkanes) is 18. The fourth-order valence-electron chi connectivity index (χ4n) is 4.91. The lowest BCUT2D eigenvalue weighted by atomic mass is 10.1. The Morgan fingerprint density at radius 2 is 0.857 bits per heavy atom. The van der Waals surface area contributed by atoms with Crippen LogP contribution in [0.5, 0.6) is 0 Å². The van der Waals surface area contributed by atoms with Crippen molar-refractivity contribution in [1.82, 2.24) is 9.80 Å². The topological polar surface area (TPSA) is 69.8 Å². The molecule has 0 spiro atoms. The van der Waals surface area contributed by atoms with Crippen molar-refractivity contribution in [3.63, 3.8) is 0 Å². The third-order valence-electron chi connectivity index (χ3n) is 7.19. The number of rotatable bonds is 29. The van der Waals surface area contributed by atoms with E-state index in [4.69, 9.17) is 5.73 Å². The van der Waals surface area contributed by atoms with Gasteiger partial charge in [0.05, 0.1) is 6.54 Å². The minimum atomic E-state index is -0.755. The van der Waals surface area contributed by atoms with Crippen LogP contribution < -0.4 is 5.73 Å². The summed E-state index contributed by atoms with van der Waals surface area (Å²) in [6, 6.07) is 0. The van der Waals surface area contributed by atoms with Gasteiger partial charge in [0, 0.05) is 26.2 Å².